The van der Waals surface area contributed by atoms with Crippen LogP contribution in [0, 0.1) is 20.8 Å². The van der Waals surface area contributed by atoms with Gasteiger partial charge in [-0.3, -0.25) is 4.79 Å². The fourth-order valence-electron chi connectivity index (χ4n) is 3.76. The molecule has 1 amide bonds. The Morgan fingerprint density at radius 2 is 1.74 bits per heavy atom. The molecular formula is C23H31N3O4S. The molecule has 1 heterocycles. The highest BCUT2D eigenvalue weighted by atomic mass is 32.2. The molecule has 1 N–H and O–H groups in total. The summed E-state index contributed by atoms with van der Waals surface area (Å²) in [5.74, 6) is -0.132. The van der Waals surface area contributed by atoms with Gasteiger partial charge in [-0.25, -0.2) is 13.1 Å². The lowest BCUT2D eigenvalue weighted by atomic mass is 10.1. The molecule has 1 fully saturated rings. The minimum atomic E-state index is -3.70. The van der Waals surface area contributed by atoms with Gasteiger partial charge in [0.25, 0.3) is 5.91 Å². The topological polar surface area (TPSA) is 78.9 Å². The SMILES string of the molecule is COCCNS(=O)(=O)c1ccc(C)c(C(=O)N2CCN(c3cccc(C)c3C)CC2)c1. The Hall–Kier alpha value is -2.42. The van der Waals surface area contributed by atoms with Gasteiger partial charge in [-0.1, -0.05) is 18.2 Å². The monoisotopic (exact) mass is 445 g/mol. The molecule has 3 rings (SSSR count). The number of ether oxygens (including phenoxy) is 1. The van der Waals surface area contributed by atoms with E-state index in [2.05, 4.69) is 41.7 Å². The second kappa shape index (κ2) is 9.80. The van der Waals surface area contributed by atoms with Crippen molar-refractivity contribution in [2.75, 3.05) is 51.3 Å². The number of carbonyl (C=O) groups excluding carboxylic acids is 1. The summed E-state index contributed by atoms with van der Waals surface area (Å²) in [4.78, 5) is 17.4. The second-order valence-corrected chi connectivity index (χ2v) is 9.63. The van der Waals surface area contributed by atoms with Gasteiger partial charge in [0.1, 0.15) is 0 Å². The molecule has 2 aromatic carbocycles. The molecule has 7 nitrogen and oxygen atoms in total. The van der Waals surface area contributed by atoms with Gasteiger partial charge >= 0.3 is 0 Å². The summed E-state index contributed by atoms with van der Waals surface area (Å²) >= 11 is 0. The van der Waals surface area contributed by atoms with Crippen molar-refractivity contribution in [3.8, 4) is 0 Å². The fraction of sp³-hybridized carbons (Fsp3) is 0.435. The average Bonchev–Trinajstić information content (AvgIpc) is 2.75. The van der Waals surface area contributed by atoms with Crippen LogP contribution in [-0.4, -0.2) is 65.7 Å². The number of nitrogens with zero attached hydrogens (tertiary/aromatic N) is 2. The molecule has 1 aliphatic rings. The maximum atomic E-state index is 13.2. The average molecular weight is 446 g/mol. The normalized spacial score (nSPS) is 14.7. The molecule has 0 radical (unpaired) electrons. The maximum absolute atomic E-state index is 13.2. The van der Waals surface area contributed by atoms with Crippen LogP contribution < -0.4 is 9.62 Å². The van der Waals surface area contributed by atoms with E-state index in [4.69, 9.17) is 4.74 Å². The Morgan fingerprint density at radius 3 is 2.42 bits per heavy atom. The van der Waals surface area contributed by atoms with Crippen LogP contribution >= 0.6 is 0 Å². The molecular weight excluding hydrogens is 414 g/mol. The number of rotatable bonds is 7. The van der Waals surface area contributed by atoms with E-state index < -0.39 is 10.0 Å². The zero-order valence-electron chi connectivity index (χ0n) is 18.6. The van der Waals surface area contributed by atoms with E-state index in [9.17, 15) is 13.2 Å². The van der Waals surface area contributed by atoms with Crippen LogP contribution in [0.5, 0.6) is 0 Å². The number of hydrogen-bond donors (Lipinski definition) is 1. The quantitative estimate of drug-likeness (QED) is 0.663. The molecule has 8 heteroatoms. The van der Waals surface area contributed by atoms with Gasteiger partial charge in [0, 0.05) is 51.1 Å². The second-order valence-electron chi connectivity index (χ2n) is 7.87. The van der Waals surface area contributed by atoms with Crippen LogP contribution in [0.2, 0.25) is 0 Å². The van der Waals surface area contributed by atoms with Crippen molar-refractivity contribution in [1.29, 1.82) is 0 Å². The predicted octanol–water partition coefficient (Wildman–Crippen LogP) is 2.50. The summed E-state index contributed by atoms with van der Waals surface area (Å²) in [6.07, 6.45) is 0. The first-order valence-electron chi connectivity index (χ1n) is 10.4. The summed E-state index contributed by atoms with van der Waals surface area (Å²) in [6, 6.07) is 11.0. The highest BCUT2D eigenvalue weighted by Gasteiger charge is 2.25. The number of sulfonamides is 1. The molecule has 168 valence electrons. The largest absolute Gasteiger partial charge is 0.383 e. The molecule has 0 unspecified atom stereocenters. The lowest BCUT2D eigenvalue weighted by Gasteiger charge is -2.37. The number of nitrogens with one attached hydrogen (secondary N) is 1. The van der Waals surface area contributed by atoms with Crippen molar-refractivity contribution in [3.05, 3.63) is 58.7 Å². The summed E-state index contributed by atoms with van der Waals surface area (Å²) in [5, 5.41) is 0. The number of benzene rings is 2. The van der Waals surface area contributed by atoms with Crippen LogP contribution in [-0.2, 0) is 14.8 Å². The number of carbonyl (C=O) groups is 1. The number of amides is 1. The molecule has 2 aromatic rings. The minimum Gasteiger partial charge on any atom is -0.383 e. The van der Waals surface area contributed by atoms with Crippen LogP contribution in [0.1, 0.15) is 27.0 Å². The van der Waals surface area contributed by atoms with Crippen molar-refractivity contribution in [3.63, 3.8) is 0 Å². The zero-order valence-corrected chi connectivity index (χ0v) is 19.5. The van der Waals surface area contributed by atoms with E-state index >= 15 is 0 Å². The van der Waals surface area contributed by atoms with E-state index in [0.29, 0.717) is 18.7 Å². The highest BCUT2D eigenvalue weighted by molar-refractivity contribution is 7.89. The standard InChI is InChI=1S/C23H31N3O4S/c1-17-6-5-7-22(19(17)3)25-11-13-26(14-12-25)23(27)21-16-20(9-8-18(21)2)31(28,29)24-10-15-30-4/h5-9,16,24H,10-15H2,1-4H3. The number of anilines is 1. The van der Waals surface area contributed by atoms with Crippen molar-refractivity contribution < 1.29 is 17.9 Å². The number of hydrogen-bond acceptors (Lipinski definition) is 5. The Labute approximate surface area is 185 Å². The first-order chi connectivity index (χ1) is 14.7. The summed E-state index contributed by atoms with van der Waals surface area (Å²) < 4.78 is 32.4. The smallest absolute Gasteiger partial charge is 0.254 e. The molecule has 0 saturated carbocycles. The minimum absolute atomic E-state index is 0.0894. The zero-order chi connectivity index (χ0) is 22.6. The van der Waals surface area contributed by atoms with E-state index in [1.165, 1.54) is 36.1 Å². The third-order valence-electron chi connectivity index (χ3n) is 5.83. The number of aryl methyl sites for hydroxylation is 2. The molecule has 1 aliphatic heterocycles. The molecule has 31 heavy (non-hydrogen) atoms. The first-order valence-corrected chi connectivity index (χ1v) is 11.9. The van der Waals surface area contributed by atoms with E-state index in [1.54, 1.807) is 11.0 Å². The van der Waals surface area contributed by atoms with Gasteiger partial charge in [-0.15, -0.1) is 0 Å². The number of methoxy groups -OCH3 is 1. The lowest BCUT2D eigenvalue weighted by Crippen LogP contribution is -2.49. The van der Waals surface area contributed by atoms with E-state index in [0.717, 1.165) is 18.7 Å². The fourth-order valence-corrected chi connectivity index (χ4v) is 4.80. The molecule has 0 aromatic heterocycles. The third-order valence-corrected chi connectivity index (χ3v) is 7.29. The van der Waals surface area contributed by atoms with Gasteiger partial charge in [0.2, 0.25) is 10.0 Å². The van der Waals surface area contributed by atoms with Crippen molar-refractivity contribution in [2.24, 2.45) is 0 Å². The molecule has 0 atom stereocenters. The Balaban J connectivity index is 1.73. The van der Waals surface area contributed by atoms with Crippen molar-refractivity contribution in [2.45, 2.75) is 25.7 Å². The van der Waals surface area contributed by atoms with E-state index in [1.807, 2.05) is 6.92 Å². The molecule has 0 spiro atoms. The Kier molecular flexibility index (Phi) is 7.35. The first kappa shape index (κ1) is 23.2. The summed E-state index contributed by atoms with van der Waals surface area (Å²) in [5.41, 5.74) is 4.91. The van der Waals surface area contributed by atoms with Crippen LogP contribution in [0.15, 0.2) is 41.3 Å². The predicted molar refractivity (Wildman–Crippen MR) is 122 cm³/mol. The van der Waals surface area contributed by atoms with Crippen molar-refractivity contribution >= 4 is 21.6 Å². The highest BCUT2D eigenvalue weighted by Crippen LogP contribution is 2.25. The summed E-state index contributed by atoms with van der Waals surface area (Å²) in [6.45, 7) is 9.18. The van der Waals surface area contributed by atoms with Gasteiger partial charge in [-0.05, 0) is 55.7 Å². The van der Waals surface area contributed by atoms with Gasteiger partial charge in [0.05, 0.1) is 11.5 Å². The van der Waals surface area contributed by atoms with Gasteiger partial charge in [-0.2, -0.15) is 0 Å². The van der Waals surface area contributed by atoms with E-state index in [-0.39, 0.29) is 24.0 Å². The maximum Gasteiger partial charge on any atom is 0.254 e. The van der Waals surface area contributed by atoms with Gasteiger partial charge < -0.3 is 14.5 Å². The summed E-state index contributed by atoms with van der Waals surface area (Å²) in [7, 11) is -2.19. The third kappa shape index (κ3) is 5.26. The Bertz CT molecular complexity index is 1040. The lowest BCUT2D eigenvalue weighted by molar-refractivity contribution is 0.0745. The van der Waals surface area contributed by atoms with Crippen molar-refractivity contribution in [1.82, 2.24) is 9.62 Å². The molecule has 0 aliphatic carbocycles. The van der Waals surface area contributed by atoms with Gasteiger partial charge in [0.15, 0.2) is 0 Å². The van der Waals surface area contributed by atoms with Crippen LogP contribution in [0.3, 0.4) is 0 Å². The number of piperazine rings is 1. The van der Waals surface area contributed by atoms with Crippen LogP contribution in [0.25, 0.3) is 0 Å². The van der Waals surface area contributed by atoms with Crippen LogP contribution in [0.4, 0.5) is 5.69 Å². The molecule has 0 bridgehead atoms. The Morgan fingerprint density at radius 1 is 1.03 bits per heavy atom. The molecule has 1 saturated heterocycles.